The highest BCUT2D eigenvalue weighted by Crippen LogP contribution is 2.32. The van der Waals surface area contributed by atoms with Gasteiger partial charge in [0.1, 0.15) is 11.4 Å². The first-order chi connectivity index (χ1) is 29.5. The minimum Gasteiger partial charge on any atom is -0.352 e. The highest BCUT2D eigenvalue weighted by Gasteiger charge is 2.14. The van der Waals surface area contributed by atoms with Gasteiger partial charge in [-0.1, -0.05) is 112 Å². The van der Waals surface area contributed by atoms with Gasteiger partial charge in [-0.15, -0.1) is 0 Å². The summed E-state index contributed by atoms with van der Waals surface area (Å²) in [7, 11) is 0. The fourth-order valence-electron chi connectivity index (χ4n) is 7.06. The molecule has 0 radical (unpaired) electrons. The predicted molar refractivity (Wildman–Crippen MR) is 253 cm³/mol. The number of rotatable bonds is 11. The molecule has 9 rings (SSSR count). The molecular formula is C52H50N8. The van der Waals surface area contributed by atoms with Crippen LogP contribution in [0.2, 0.25) is 0 Å². The molecule has 9 aromatic rings. The van der Waals surface area contributed by atoms with Crippen LogP contribution in [-0.4, -0.2) is 40.3 Å². The van der Waals surface area contributed by atoms with Gasteiger partial charge < -0.3 is 9.97 Å². The topological polar surface area (TPSA) is 115 Å². The van der Waals surface area contributed by atoms with E-state index in [1.165, 1.54) is 16.7 Å². The van der Waals surface area contributed by atoms with E-state index in [0.717, 1.165) is 96.2 Å². The molecule has 0 saturated carbocycles. The summed E-state index contributed by atoms with van der Waals surface area (Å²) in [5.74, 6) is 0. The van der Waals surface area contributed by atoms with E-state index in [9.17, 15) is 0 Å². The Morgan fingerprint density at radius 3 is 1.78 bits per heavy atom. The number of aromatic nitrogens is 8. The highest BCUT2D eigenvalue weighted by atomic mass is 15.1. The van der Waals surface area contributed by atoms with Crippen molar-refractivity contribution in [1.29, 1.82) is 0 Å². The zero-order valence-corrected chi connectivity index (χ0v) is 34.6. The van der Waals surface area contributed by atoms with Crippen molar-refractivity contribution >= 4 is 55.0 Å². The highest BCUT2D eigenvalue weighted by molar-refractivity contribution is 5.98. The standard InChI is InChI=1S/C29H26N4.C21H18N4.C2H6/c1-3-20(12-13-21-9-6-5-7-10-21)17-22(4-2)23-14-15-25-24(18-23)29(33-32-25)28-19-27-26(31-28)11-8-16-30-27;1-3-4-5-7-14(2)15-9-10-17-16(12-15)21(25-24-17)20-13-19-18(23-20)8-6-11-22-19;1-2/h3-11,14-19,31H,1,12-13H2,2H3,(H,32,33);3-13,23H,2H2,1H3,(H,24,25);1-2H3/b20-17+,22-4+;4-3-,7-5-;. The van der Waals surface area contributed by atoms with E-state index >= 15 is 0 Å². The lowest BCUT2D eigenvalue weighted by atomic mass is 9.97. The Balaban J connectivity index is 0.000000180. The van der Waals surface area contributed by atoms with Gasteiger partial charge in [-0.3, -0.25) is 20.2 Å². The molecule has 298 valence electrons. The van der Waals surface area contributed by atoms with Crippen molar-refractivity contribution in [3.63, 3.8) is 0 Å². The Hall–Kier alpha value is -7.58. The molecule has 8 heteroatoms. The average Bonchev–Trinajstić information content (AvgIpc) is 4.12. The van der Waals surface area contributed by atoms with Crippen molar-refractivity contribution in [3.05, 3.63) is 193 Å². The molecule has 0 unspecified atom stereocenters. The van der Waals surface area contributed by atoms with Crippen molar-refractivity contribution < 1.29 is 0 Å². The maximum atomic E-state index is 4.59. The second-order valence-corrected chi connectivity index (χ2v) is 14.0. The molecule has 0 amide bonds. The van der Waals surface area contributed by atoms with Gasteiger partial charge in [0, 0.05) is 23.2 Å². The van der Waals surface area contributed by atoms with Gasteiger partial charge >= 0.3 is 0 Å². The van der Waals surface area contributed by atoms with Crippen LogP contribution in [0.25, 0.3) is 77.8 Å². The van der Waals surface area contributed by atoms with E-state index in [2.05, 4.69) is 133 Å². The van der Waals surface area contributed by atoms with E-state index < -0.39 is 0 Å². The van der Waals surface area contributed by atoms with Crippen molar-refractivity contribution in [2.45, 2.75) is 40.5 Å². The molecule has 8 nitrogen and oxygen atoms in total. The maximum Gasteiger partial charge on any atom is 0.116 e. The molecule has 0 atom stereocenters. The van der Waals surface area contributed by atoms with Gasteiger partial charge in [-0.05, 0) is 121 Å². The first kappa shape index (κ1) is 40.6. The maximum absolute atomic E-state index is 4.59. The van der Waals surface area contributed by atoms with Crippen LogP contribution in [0, 0.1) is 0 Å². The Morgan fingerprint density at radius 2 is 1.23 bits per heavy atom. The van der Waals surface area contributed by atoms with Crippen LogP contribution in [0.1, 0.15) is 50.8 Å². The number of nitrogens with zero attached hydrogens (tertiary/aromatic N) is 4. The van der Waals surface area contributed by atoms with E-state index in [1.807, 2.05) is 93.6 Å². The number of benzene rings is 3. The second kappa shape index (κ2) is 19.2. The van der Waals surface area contributed by atoms with Crippen LogP contribution in [-0.2, 0) is 6.42 Å². The van der Waals surface area contributed by atoms with Gasteiger partial charge in [0.05, 0.1) is 44.5 Å². The molecule has 0 fully saturated rings. The molecule has 0 spiro atoms. The molecule has 0 aliphatic heterocycles. The normalized spacial score (nSPS) is 12.0. The van der Waals surface area contributed by atoms with Crippen molar-refractivity contribution in [3.8, 4) is 22.8 Å². The molecule has 6 aromatic heterocycles. The Morgan fingerprint density at radius 1 is 0.650 bits per heavy atom. The van der Waals surface area contributed by atoms with E-state index in [-0.39, 0.29) is 0 Å². The number of hydrogen-bond acceptors (Lipinski definition) is 4. The van der Waals surface area contributed by atoms with Gasteiger partial charge in [0.2, 0.25) is 0 Å². The Bertz CT molecular complexity index is 2950. The second-order valence-electron chi connectivity index (χ2n) is 14.0. The third-order valence-corrected chi connectivity index (χ3v) is 10.2. The Kier molecular flexibility index (Phi) is 13.0. The minimum absolute atomic E-state index is 0.889. The minimum atomic E-state index is 0.889. The van der Waals surface area contributed by atoms with E-state index in [0.29, 0.717) is 0 Å². The van der Waals surface area contributed by atoms with E-state index in [4.69, 9.17) is 0 Å². The summed E-state index contributed by atoms with van der Waals surface area (Å²) in [5.41, 5.74) is 16.5. The molecule has 0 aliphatic rings. The van der Waals surface area contributed by atoms with Gasteiger partial charge in [-0.2, -0.15) is 10.2 Å². The average molecular weight is 787 g/mol. The smallest absolute Gasteiger partial charge is 0.116 e. The van der Waals surface area contributed by atoms with Crippen molar-refractivity contribution in [2.24, 2.45) is 0 Å². The summed E-state index contributed by atoms with van der Waals surface area (Å²) >= 11 is 0. The lowest BCUT2D eigenvalue weighted by Gasteiger charge is -2.07. The monoisotopic (exact) mass is 786 g/mol. The number of H-pyrrole nitrogens is 4. The molecule has 3 aromatic carbocycles. The number of aromatic amines is 4. The number of allylic oxidation sites excluding steroid dienone is 10. The van der Waals surface area contributed by atoms with Crippen LogP contribution >= 0.6 is 0 Å². The zero-order valence-electron chi connectivity index (χ0n) is 34.6. The third-order valence-electron chi connectivity index (χ3n) is 10.2. The van der Waals surface area contributed by atoms with Gasteiger partial charge in [0.25, 0.3) is 0 Å². The van der Waals surface area contributed by atoms with Crippen LogP contribution < -0.4 is 0 Å². The fraction of sp³-hybridized carbons (Fsp3) is 0.115. The van der Waals surface area contributed by atoms with Gasteiger partial charge in [-0.25, -0.2) is 0 Å². The molecule has 0 aliphatic carbocycles. The lowest BCUT2D eigenvalue weighted by molar-refractivity contribution is 0.966. The summed E-state index contributed by atoms with van der Waals surface area (Å²) in [6.07, 6.45) is 19.9. The summed E-state index contributed by atoms with van der Waals surface area (Å²) in [6.45, 7) is 16.3. The van der Waals surface area contributed by atoms with Crippen molar-refractivity contribution in [1.82, 2.24) is 40.3 Å². The molecule has 4 N–H and O–H groups in total. The summed E-state index contributed by atoms with van der Waals surface area (Å²) in [5, 5.41) is 17.5. The van der Waals surface area contributed by atoms with Crippen LogP contribution in [0.15, 0.2) is 177 Å². The molecule has 0 saturated heterocycles. The fourth-order valence-corrected chi connectivity index (χ4v) is 7.06. The SMILES string of the molecule is C=C(/C=C\C=C/C)c1ccc2[nH]nc(-c3cc4ncccc4[nH]3)c2c1.C=C/C(=C\C(=C/C)c1ccc2[nH]nc(-c3cc4ncccc4[nH]3)c2c1)CCc1ccccc1.CC. The number of aryl methyl sites for hydroxylation is 1. The molecule has 0 bridgehead atoms. The molecule has 60 heavy (non-hydrogen) atoms. The third kappa shape index (κ3) is 9.09. The molecule has 6 heterocycles. The number of pyridine rings is 2. The summed E-state index contributed by atoms with van der Waals surface area (Å²) in [4.78, 5) is 15.6. The summed E-state index contributed by atoms with van der Waals surface area (Å²) < 4.78 is 0. The van der Waals surface area contributed by atoms with Crippen molar-refractivity contribution in [2.75, 3.05) is 0 Å². The summed E-state index contributed by atoms with van der Waals surface area (Å²) in [6, 6.07) is 35.2. The Labute approximate surface area is 350 Å². The largest absolute Gasteiger partial charge is 0.352 e. The zero-order chi connectivity index (χ0) is 41.8. The van der Waals surface area contributed by atoms with Gasteiger partial charge in [0.15, 0.2) is 0 Å². The van der Waals surface area contributed by atoms with Crippen LogP contribution in [0.3, 0.4) is 0 Å². The van der Waals surface area contributed by atoms with Crippen LogP contribution in [0.5, 0.6) is 0 Å². The predicted octanol–water partition coefficient (Wildman–Crippen LogP) is 13.5. The number of fused-ring (bicyclic) bond motifs is 4. The number of hydrogen-bond donors (Lipinski definition) is 4. The number of nitrogens with one attached hydrogen (secondary N) is 4. The molecular weight excluding hydrogens is 737 g/mol. The van der Waals surface area contributed by atoms with E-state index in [1.54, 1.807) is 12.4 Å². The lowest BCUT2D eigenvalue weighted by Crippen LogP contribution is -1.89. The first-order valence-corrected chi connectivity index (χ1v) is 20.4. The van der Waals surface area contributed by atoms with Crippen LogP contribution in [0.4, 0.5) is 0 Å². The first-order valence-electron chi connectivity index (χ1n) is 20.4. The quantitative estimate of drug-likeness (QED) is 0.0977.